The maximum absolute atomic E-state index is 12.5. The fourth-order valence-corrected chi connectivity index (χ4v) is 3.78. The SMILES string of the molecule is COCCN1CCC(N2CCN(C(=O)Cc3ccc(Cl)cc3)CC2)C1=O. The highest BCUT2D eigenvalue weighted by Gasteiger charge is 2.37. The van der Waals surface area contributed by atoms with Crippen molar-refractivity contribution < 1.29 is 14.3 Å². The first-order valence-corrected chi connectivity index (χ1v) is 9.50. The van der Waals surface area contributed by atoms with Crippen LogP contribution in [0.2, 0.25) is 5.02 Å². The van der Waals surface area contributed by atoms with Crippen molar-refractivity contribution in [2.24, 2.45) is 0 Å². The zero-order chi connectivity index (χ0) is 18.5. The molecular weight excluding hydrogens is 354 g/mol. The first-order chi connectivity index (χ1) is 12.6. The van der Waals surface area contributed by atoms with Crippen LogP contribution in [-0.2, 0) is 20.7 Å². The van der Waals surface area contributed by atoms with Gasteiger partial charge in [0.1, 0.15) is 0 Å². The fourth-order valence-electron chi connectivity index (χ4n) is 3.66. The highest BCUT2D eigenvalue weighted by Crippen LogP contribution is 2.19. The molecule has 6 nitrogen and oxygen atoms in total. The van der Waals surface area contributed by atoms with E-state index in [1.54, 1.807) is 7.11 Å². The number of likely N-dealkylation sites (tertiary alicyclic amines) is 1. The molecular formula is C19H26ClN3O3. The van der Waals surface area contributed by atoms with Crippen molar-refractivity contribution in [1.29, 1.82) is 0 Å². The van der Waals surface area contributed by atoms with Gasteiger partial charge in [-0.25, -0.2) is 0 Å². The minimum Gasteiger partial charge on any atom is -0.383 e. The molecule has 2 heterocycles. The van der Waals surface area contributed by atoms with E-state index < -0.39 is 0 Å². The van der Waals surface area contributed by atoms with E-state index >= 15 is 0 Å². The van der Waals surface area contributed by atoms with E-state index in [1.165, 1.54) is 0 Å². The van der Waals surface area contributed by atoms with Gasteiger partial charge >= 0.3 is 0 Å². The predicted molar refractivity (Wildman–Crippen MR) is 100 cm³/mol. The summed E-state index contributed by atoms with van der Waals surface area (Å²) in [5.41, 5.74) is 0.974. The summed E-state index contributed by atoms with van der Waals surface area (Å²) in [5.74, 6) is 0.328. The standard InChI is InChI=1S/C19H26ClN3O3/c1-26-13-12-23-7-6-17(19(23)25)21-8-10-22(11-9-21)18(24)14-15-2-4-16(20)5-3-15/h2-5,17H,6-14H2,1H3. The number of piperazine rings is 1. The van der Waals surface area contributed by atoms with Gasteiger partial charge in [-0.3, -0.25) is 14.5 Å². The third-order valence-corrected chi connectivity index (χ3v) is 5.46. The van der Waals surface area contributed by atoms with Crippen molar-refractivity contribution in [3.8, 4) is 0 Å². The van der Waals surface area contributed by atoms with Crippen LogP contribution in [0.15, 0.2) is 24.3 Å². The molecule has 0 radical (unpaired) electrons. The summed E-state index contributed by atoms with van der Waals surface area (Å²) in [6.45, 7) is 4.88. The number of ether oxygens (including phenoxy) is 1. The van der Waals surface area contributed by atoms with Gasteiger partial charge in [0.25, 0.3) is 0 Å². The Labute approximate surface area is 159 Å². The molecule has 3 rings (SSSR count). The van der Waals surface area contributed by atoms with E-state index in [1.807, 2.05) is 34.1 Å². The Kier molecular flexibility index (Phi) is 6.51. The molecule has 26 heavy (non-hydrogen) atoms. The molecule has 2 aliphatic rings. The number of amides is 2. The number of carbonyl (C=O) groups is 2. The van der Waals surface area contributed by atoms with Crippen molar-refractivity contribution >= 4 is 23.4 Å². The molecule has 0 saturated carbocycles. The zero-order valence-electron chi connectivity index (χ0n) is 15.2. The van der Waals surface area contributed by atoms with Crippen LogP contribution in [0.4, 0.5) is 0 Å². The van der Waals surface area contributed by atoms with Crippen molar-refractivity contribution in [2.75, 3.05) is 53.0 Å². The van der Waals surface area contributed by atoms with Crippen molar-refractivity contribution in [3.63, 3.8) is 0 Å². The van der Waals surface area contributed by atoms with Gasteiger partial charge in [-0.05, 0) is 24.1 Å². The number of methoxy groups -OCH3 is 1. The Morgan fingerprint density at radius 3 is 2.50 bits per heavy atom. The third kappa shape index (κ3) is 4.55. The van der Waals surface area contributed by atoms with Gasteiger partial charge < -0.3 is 14.5 Å². The smallest absolute Gasteiger partial charge is 0.240 e. The lowest BCUT2D eigenvalue weighted by Gasteiger charge is -2.37. The van der Waals surface area contributed by atoms with Gasteiger partial charge in [0.05, 0.1) is 19.1 Å². The molecule has 0 aliphatic carbocycles. The topological polar surface area (TPSA) is 53.1 Å². The maximum atomic E-state index is 12.5. The third-order valence-electron chi connectivity index (χ3n) is 5.21. The Balaban J connectivity index is 1.47. The first kappa shape index (κ1) is 19.1. The normalized spacial score (nSPS) is 21.5. The van der Waals surface area contributed by atoms with E-state index in [-0.39, 0.29) is 17.9 Å². The molecule has 2 aliphatic heterocycles. The van der Waals surface area contributed by atoms with Gasteiger partial charge in [-0.1, -0.05) is 23.7 Å². The molecule has 7 heteroatoms. The Bertz CT molecular complexity index is 629. The molecule has 0 N–H and O–H groups in total. The van der Waals surface area contributed by atoms with Crippen LogP contribution in [0.25, 0.3) is 0 Å². The van der Waals surface area contributed by atoms with E-state index in [0.29, 0.717) is 37.7 Å². The van der Waals surface area contributed by atoms with Crippen LogP contribution >= 0.6 is 11.6 Å². The molecule has 2 amide bonds. The molecule has 2 fully saturated rings. The summed E-state index contributed by atoms with van der Waals surface area (Å²) in [5, 5.41) is 0.676. The largest absolute Gasteiger partial charge is 0.383 e. The van der Waals surface area contributed by atoms with Gasteiger partial charge in [0.15, 0.2) is 0 Å². The lowest BCUT2D eigenvalue weighted by Crippen LogP contribution is -2.54. The number of rotatable bonds is 6. The highest BCUT2D eigenvalue weighted by molar-refractivity contribution is 6.30. The second-order valence-corrected chi connectivity index (χ2v) is 7.28. The molecule has 0 spiro atoms. The summed E-state index contributed by atoms with van der Waals surface area (Å²) in [6.07, 6.45) is 1.26. The van der Waals surface area contributed by atoms with Gasteiger partial charge in [0.2, 0.25) is 11.8 Å². The molecule has 2 saturated heterocycles. The van der Waals surface area contributed by atoms with E-state index in [0.717, 1.165) is 31.6 Å². The van der Waals surface area contributed by atoms with Crippen LogP contribution in [0.3, 0.4) is 0 Å². The Morgan fingerprint density at radius 1 is 1.15 bits per heavy atom. The summed E-state index contributed by atoms with van der Waals surface area (Å²) >= 11 is 5.89. The summed E-state index contributed by atoms with van der Waals surface area (Å²) in [7, 11) is 1.65. The van der Waals surface area contributed by atoms with Gasteiger partial charge in [-0.2, -0.15) is 0 Å². The zero-order valence-corrected chi connectivity index (χ0v) is 16.0. The number of benzene rings is 1. The number of halogens is 1. The number of carbonyl (C=O) groups excluding carboxylic acids is 2. The summed E-state index contributed by atoms with van der Waals surface area (Å²) in [4.78, 5) is 31.0. The fraction of sp³-hybridized carbons (Fsp3) is 0.579. The average molecular weight is 380 g/mol. The highest BCUT2D eigenvalue weighted by atomic mass is 35.5. The lowest BCUT2D eigenvalue weighted by atomic mass is 10.1. The summed E-state index contributed by atoms with van der Waals surface area (Å²) in [6, 6.07) is 7.36. The lowest BCUT2D eigenvalue weighted by molar-refractivity contribution is -0.135. The van der Waals surface area contributed by atoms with Crippen molar-refractivity contribution in [1.82, 2.24) is 14.7 Å². The average Bonchev–Trinajstić information content (AvgIpc) is 3.02. The second kappa shape index (κ2) is 8.84. The molecule has 1 unspecified atom stereocenters. The summed E-state index contributed by atoms with van der Waals surface area (Å²) < 4.78 is 5.07. The minimum atomic E-state index is -0.0413. The monoisotopic (exact) mass is 379 g/mol. The molecule has 1 atom stereocenters. The molecule has 1 aromatic carbocycles. The number of nitrogens with zero attached hydrogens (tertiary/aromatic N) is 3. The van der Waals surface area contributed by atoms with Crippen LogP contribution in [-0.4, -0.2) is 85.5 Å². The van der Waals surface area contributed by atoms with Gasteiger partial charge in [0, 0.05) is 51.4 Å². The minimum absolute atomic E-state index is 0.0413. The molecule has 1 aromatic rings. The van der Waals surface area contributed by atoms with E-state index in [9.17, 15) is 9.59 Å². The Morgan fingerprint density at radius 2 is 1.85 bits per heavy atom. The van der Waals surface area contributed by atoms with Crippen molar-refractivity contribution in [3.05, 3.63) is 34.9 Å². The first-order valence-electron chi connectivity index (χ1n) is 9.12. The molecule has 0 aromatic heterocycles. The van der Waals surface area contributed by atoms with Crippen LogP contribution in [0.5, 0.6) is 0 Å². The van der Waals surface area contributed by atoms with Crippen LogP contribution in [0.1, 0.15) is 12.0 Å². The molecule has 142 valence electrons. The van der Waals surface area contributed by atoms with E-state index in [4.69, 9.17) is 16.3 Å². The quantitative estimate of drug-likeness (QED) is 0.747. The number of hydrogen-bond donors (Lipinski definition) is 0. The number of hydrogen-bond acceptors (Lipinski definition) is 4. The predicted octanol–water partition coefficient (Wildman–Crippen LogP) is 1.27. The van der Waals surface area contributed by atoms with Gasteiger partial charge in [-0.15, -0.1) is 0 Å². The van der Waals surface area contributed by atoms with Crippen molar-refractivity contribution in [2.45, 2.75) is 18.9 Å². The van der Waals surface area contributed by atoms with Crippen LogP contribution < -0.4 is 0 Å². The Hall–Kier alpha value is -1.63. The second-order valence-electron chi connectivity index (χ2n) is 6.84. The molecule has 0 bridgehead atoms. The maximum Gasteiger partial charge on any atom is 0.240 e. The van der Waals surface area contributed by atoms with E-state index in [2.05, 4.69) is 4.90 Å². The van der Waals surface area contributed by atoms with Crippen LogP contribution in [0, 0.1) is 0 Å².